The third-order valence-electron chi connectivity index (χ3n) is 4.33. The van der Waals surface area contributed by atoms with Crippen LogP contribution < -0.4 is 15.6 Å². The summed E-state index contributed by atoms with van der Waals surface area (Å²) in [7, 11) is 1.52. The summed E-state index contributed by atoms with van der Waals surface area (Å²) in [5, 5.41) is 4.39. The highest BCUT2D eigenvalue weighted by molar-refractivity contribution is 7.99. The fraction of sp³-hybridized carbons (Fsp3) is 0.250. The summed E-state index contributed by atoms with van der Waals surface area (Å²) in [6.07, 6.45) is 1.64. The van der Waals surface area contributed by atoms with Gasteiger partial charge in [0.05, 0.1) is 23.9 Å². The maximum absolute atomic E-state index is 13.0. The molecule has 0 atom stereocenters. The largest absolute Gasteiger partial charge is 0.495 e. The van der Waals surface area contributed by atoms with E-state index in [0.29, 0.717) is 38.4 Å². The molecule has 3 aromatic rings. The number of anilines is 1. The summed E-state index contributed by atoms with van der Waals surface area (Å²) < 4.78 is 6.79. The Morgan fingerprint density at radius 3 is 2.90 bits per heavy atom. The number of benzene rings is 1. The number of thiophene rings is 1. The van der Waals surface area contributed by atoms with Crippen molar-refractivity contribution < 1.29 is 9.53 Å². The van der Waals surface area contributed by atoms with Crippen molar-refractivity contribution in [1.82, 2.24) is 9.55 Å². The van der Waals surface area contributed by atoms with E-state index in [1.165, 1.54) is 30.2 Å². The quantitative estimate of drug-likeness (QED) is 0.323. The van der Waals surface area contributed by atoms with Crippen LogP contribution in [0.5, 0.6) is 5.75 Å². The van der Waals surface area contributed by atoms with Gasteiger partial charge in [-0.1, -0.05) is 29.4 Å². The van der Waals surface area contributed by atoms with Crippen LogP contribution in [0.4, 0.5) is 5.69 Å². The van der Waals surface area contributed by atoms with Crippen LogP contribution in [0.15, 0.2) is 40.8 Å². The summed E-state index contributed by atoms with van der Waals surface area (Å²) >= 11 is 8.69. The second kappa shape index (κ2) is 9.02. The number of allylic oxidation sites excluding steroid dienone is 1. The molecule has 3 rings (SSSR count). The minimum atomic E-state index is -0.256. The molecule has 6 nitrogen and oxygen atoms in total. The number of carbonyl (C=O) groups excluding carboxylic acids is 1. The van der Waals surface area contributed by atoms with Crippen LogP contribution in [0, 0.1) is 13.8 Å². The molecule has 0 bridgehead atoms. The first-order chi connectivity index (χ1) is 13.8. The van der Waals surface area contributed by atoms with Gasteiger partial charge >= 0.3 is 0 Å². The normalized spacial score (nSPS) is 10.9. The molecule has 29 heavy (non-hydrogen) atoms. The number of aryl methyl sites for hydroxylation is 2. The van der Waals surface area contributed by atoms with Crippen LogP contribution in [0.25, 0.3) is 10.2 Å². The zero-order valence-electron chi connectivity index (χ0n) is 16.2. The summed E-state index contributed by atoms with van der Waals surface area (Å²) in [5.74, 6) is 0.336. The minimum absolute atomic E-state index is 0.0775. The maximum Gasteiger partial charge on any atom is 0.263 e. The molecule has 9 heteroatoms. The predicted octanol–water partition coefficient (Wildman–Crippen LogP) is 4.65. The molecule has 0 aliphatic carbocycles. The molecule has 152 valence electrons. The average molecular weight is 450 g/mol. The van der Waals surface area contributed by atoms with E-state index in [1.54, 1.807) is 28.8 Å². The fourth-order valence-corrected chi connectivity index (χ4v) is 4.85. The number of nitrogens with one attached hydrogen (secondary N) is 1. The van der Waals surface area contributed by atoms with Crippen LogP contribution in [-0.4, -0.2) is 28.3 Å². The highest BCUT2D eigenvalue weighted by atomic mass is 35.5. The van der Waals surface area contributed by atoms with E-state index < -0.39 is 0 Å². The summed E-state index contributed by atoms with van der Waals surface area (Å²) in [6.45, 7) is 7.94. The van der Waals surface area contributed by atoms with Gasteiger partial charge in [-0.2, -0.15) is 0 Å². The van der Waals surface area contributed by atoms with E-state index in [2.05, 4.69) is 16.9 Å². The van der Waals surface area contributed by atoms with Gasteiger partial charge in [0.15, 0.2) is 5.16 Å². The van der Waals surface area contributed by atoms with Crippen molar-refractivity contribution in [3.05, 3.63) is 56.7 Å². The number of rotatable bonds is 7. The van der Waals surface area contributed by atoms with E-state index in [0.717, 1.165) is 10.4 Å². The molecule has 0 saturated heterocycles. The molecule has 2 aromatic heterocycles. The van der Waals surface area contributed by atoms with Crippen molar-refractivity contribution in [2.24, 2.45) is 0 Å². The highest BCUT2D eigenvalue weighted by Crippen LogP contribution is 2.30. The van der Waals surface area contributed by atoms with Gasteiger partial charge in [0.1, 0.15) is 10.6 Å². The Hall–Kier alpha value is -2.29. The van der Waals surface area contributed by atoms with E-state index in [9.17, 15) is 9.59 Å². The van der Waals surface area contributed by atoms with Gasteiger partial charge in [0.2, 0.25) is 5.91 Å². The Morgan fingerprint density at radius 2 is 2.21 bits per heavy atom. The van der Waals surface area contributed by atoms with Crippen LogP contribution in [0.2, 0.25) is 5.02 Å². The predicted molar refractivity (Wildman–Crippen MR) is 121 cm³/mol. The lowest BCUT2D eigenvalue weighted by Gasteiger charge is -2.12. The summed E-state index contributed by atoms with van der Waals surface area (Å²) in [4.78, 5) is 31.8. The zero-order valence-corrected chi connectivity index (χ0v) is 18.6. The standard InChI is InChI=1S/C20H20ClN3O3S2/c1-5-8-24-19(26)17-11(2)12(3)29-18(17)23-20(24)28-10-16(25)22-14-9-13(21)6-7-15(14)27-4/h5-7,9H,1,8,10H2,2-4H3,(H,22,25). The number of thioether (sulfide) groups is 1. The van der Waals surface area contributed by atoms with Crippen LogP contribution >= 0.6 is 34.7 Å². The zero-order chi connectivity index (χ0) is 21.1. The number of nitrogens with zero attached hydrogens (tertiary/aromatic N) is 2. The summed E-state index contributed by atoms with van der Waals surface area (Å²) in [6, 6.07) is 4.99. The Morgan fingerprint density at radius 1 is 1.45 bits per heavy atom. The maximum atomic E-state index is 13.0. The van der Waals surface area contributed by atoms with E-state index in [4.69, 9.17) is 16.3 Å². The number of ether oxygens (including phenoxy) is 1. The number of hydrogen-bond donors (Lipinski definition) is 1. The number of aromatic nitrogens is 2. The van der Waals surface area contributed by atoms with E-state index in [-0.39, 0.29) is 17.2 Å². The van der Waals surface area contributed by atoms with Gasteiger partial charge < -0.3 is 10.1 Å². The number of hydrogen-bond acceptors (Lipinski definition) is 6. The Labute approximate surface area is 181 Å². The molecule has 1 amide bonds. The SMILES string of the molecule is C=CCn1c(SCC(=O)Nc2cc(Cl)ccc2OC)nc2sc(C)c(C)c2c1=O. The number of fused-ring (bicyclic) bond motifs is 1. The monoisotopic (exact) mass is 449 g/mol. The van der Waals surface area contributed by atoms with Gasteiger partial charge in [-0.25, -0.2) is 4.98 Å². The third kappa shape index (κ3) is 4.49. The van der Waals surface area contributed by atoms with Gasteiger partial charge in [0, 0.05) is 16.4 Å². The van der Waals surface area contributed by atoms with Gasteiger partial charge in [-0.05, 0) is 37.6 Å². The van der Waals surface area contributed by atoms with Crippen molar-refractivity contribution in [3.63, 3.8) is 0 Å². The molecule has 2 heterocycles. The van der Waals surface area contributed by atoms with Crippen LogP contribution in [0.3, 0.4) is 0 Å². The molecule has 1 aromatic carbocycles. The lowest BCUT2D eigenvalue weighted by atomic mass is 10.2. The summed E-state index contributed by atoms with van der Waals surface area (Å²) in [5.41, 5.74) is 1.32. The lowest BCUT2D eigenvalue weighted by molar-refractivity contribution is -0.113. The Balaban J connectivity index is 1.85. The van der Waals surface area contributed by atoms with Crippen molar-refractivity contribution in [2.45, 2.75) is 25.5 Å². The Bertz CT molecular complexity index is 1150. The highest BCUT2D eigenvalue weighted by Gasteiger charge is 2.17. The fourth-order valence-electron chi connectivity index (χ4n) is 2.80. The van der Waals surface area contributed by atoms with Crippen molar-refractivity contribution >= 4 is 56.5 Å². The van der Waals surface area contributed by atoms with Gasteiger partial charge in [-0.15, -0.1) is 17.9 Å². The lowest BCUT2D eigenvalue weighted by Crippen LogP contribution is -2.23. The van der Waals surface area contributed by atoms with Crippen LogP contribution in [-0.2, 0) is 11.3 Å². The number of methoxy groups -OCH3 is 1. The van der Waals surface area contributed by atoms with Crippen LogP contribution in [0.1, 0.15) is 10.4 Å². The molecule has 0 fully saturated rings. The third-order valence-corrected chi connectivity index (χ3v) is 6.65. The molecule has 0 saturated carbocycles. The topological polar surface area (TPSA) is 73.2 Å². The second-order valence-corrected chi connectivity index (χ2v) is 8.83. The molecule has 0 aliphatic rings. The molecule has 0 radical (unpaired) electrons. The first-order valence-electron chi connectivity index (χ1n) is 8.73. The van der Waals surface area contributed by atoms with E-state index >= 15 is 0 Å². The van der Waals surface area contributed by atoms with Crippen molar-refractivity contribution in [2.75, 3.05) is 18.2 Å². The number of amides is 1. The molecular formula is C20H20ClN3O3S2. The number of carbonyl (C=O) groups is 1. The Kier molecular flexibility index (Phi) is 6.66. The average Bonchev–Trinajstić information content (AvgIpc) is 2.97. The molecule has 1 N–H and O–H groups in total. The van der Waals surface area contributed by atoms with Gasteiger partial charge in [0.25, 0.3) is 5.56 Å². The number of halogens is 1. The van der Waals surface area contributed by atoms with Crippen molar-refractivity contribution in [1.29, 1.82) is 0 Å². The molecule has 0 spiro atoms. The van der Waals surface area contributed by atoms with Crippen molar-refractivity contribution in [3.8, 4) is 5.75 Å². The first kappa shape index (κ1) is 21.4. The molecular weight excluding hydrogens is 430 g/mol. The second-order valence-electron chi connectivity index (χ2n) is 6.24. The minimum Gasteiger partial charge on any atom is -0.495 e. The van der Waals surface area contributed by atoms with Gasteiger partial charge in [-0.3, -0.25) is 14.2 Å². The molecule has 0 aliphatic heterocycles. The molecule has 0 unspecified atom stereocenters. The smallest absolute Gasteiger partial charge is 0.263 e. The first-order valence-corrected chi connectivity index (χ1v) is 10.9. The van der Waals surface area contributed by atoms with E-state index in [1.807, 2.05) is 13.8 Å².